The Morgan fingerprint density at radius 1 is 1.25 bits per heavy atom. The molecule has 2 aliphatic rings. The van der Waals surface area contributed by atoms with Gasteiger partial charge in [-0.1, -0.05) is 13.0 Å². The number of aliphatic imine (C=N–C) groups is 1. The zero-order chi connectivity index (χ0) is 22.1. The van der Waals surface area contributed by atoms with Crippen LogP contribution in [0.25, 0.3) is 0 Å². The molecule has 8 nitrogen and oxygen atoms in total. The number of likely N-dealkylation sites (tertiary alicyclic amines) is 1. The maximum atomic E-state index is 11.6. The minimum absolute atomic E-state index is 0. The van der Waals surface area contributed by atoms with Crippen molar-refractivity contribution >= 4 is 41.7 Å². The Morgan fingerprint density at radius 3 is 2.75 bits per heavy atom. The fourth-order valence-electron chi connectivity index (χ4n) is 4.45. The van der Waals surface area contributed by atoms with E-state index in [1.807, 2.05) is 6.07 Å². The lowest BCUT2D eigenvalue weighted by Crippen LogP contribution is -2.42. The Balaban J connectivity index is 0.00000363. The molecule has 9 heteroatoms. The lowest BCUT2D eigenvalue weighted by atomic mass is 9.97. The fourth-order valence-corrected chi connectivity index (χ4v) is 4.45. The molecule has 1 aromatic heterocycles. The van der Waals surface area contributed by atoms with E-state index in [2.05, 4.69) is 43.4 Å². The largest absolute Gasteiger partial charge is 0.369 e. The fraction of sp³-hybridized carbons (Fsp3) is 0.696. The second kappa shape index (κ2) is 13.8. The molecule has 0 bridgehead atoms. The first-order valence-corrected chi connectivity index (χ1v) is 11.7. The van der Waals surface area contributed by atoms with Crippen molar-refractivity contribution in [1.29, 1.82) is 0 Å². The van der Waals surface area contributed by atoms with E-state index in [0.717, 1.165) is 62.2 Å². The molecular weight excluding hydrogens is 517 g/mol. The van der Waals surface area contributed by atoms with Gasteiger partial charge in [-0.3, -0.25) is 9.79 Å². The van der Waals surface area contributed by atoms with Crippen molar-refractivity contribution < 1.29 is 4.79 Å². The van der Waals surface area contributed by atoms with E-state index in [4.69, 9.17) is 5.73 Å². The van der Waals surface area contributed by atoms with Crippen LogP contribution in [0.4, 0.5) is 5.82 Å². The molecule has 2 aliphatic heterocycles. The molecule has 0 aliphatic carbocycles. The van der Waals surface area contributed by atoms with Crippen LogP contribution in [0.1, 0.15) is 44.6 Å². The number of nitrogens with two attached hydrogens (primary N) is 1. The molecule has 0 saturated carbocycles. The van der Waals surface area contributed by atoms with Crippen LogP contribution in [-0.4, -0.2) is 68.1 Å². The Hall–Kier alpha value is -1.62. The number of anilines is 1. The normalized spacial score (nSPS) is 20.5. The lowest BCUT2D eigenvalue weighted by Gasteiger charge is -2.33. The number of nitrogens with one attached hydrogen (secondary N) is 2. The van der Waals surface area contributed by atoms with E-state index in [9.17, 15) is 4.79 Å². The molecule has 0 radical (unpaired) electrons. The first-order chi connectivity index (χ1) is 15.1. The standard InChI is InChI=1S/C23H39N7O.HI/c1-18-8-14-29(15-9-18)12-5-11-27-23(25-2)28-16-19-6-3-10-26-22(19)30-13-4-7-20(17-30)21(24)31;/h3,6,10,18,20H,4-5,7-9,11-17H2,1-2H3,(H2,24,31)(H2,25,27,28);1H. The summed E-state index contributed by atoms with van der Waals surface area (Å²) < 4.78 is 0. The van der Waals surface area contributed by atoms with Crippen LogP contribution >= 0.6 is 24.0 Å². The minimum Gasteiger partial charge on any atom is -0.369 e. The van der Waals surface area contributed by atoms with Gasteiger partial charge in [-0.15, -0.1) is 24.0 Å². The molecule has 0 spiro atoms. The van der Waals surface area contributed by atoms with E-state index < -0.39 is 0 Å². The topological polar surface area (TPSA) is 98.9 Å². The van der Waals surface area contributed by atoms with Crippen LogP contribution in [0.15, 0.2) is 23.3 Å². The summed E-state index contributed by atoms with van der Waals surface area (Å²) in [5.41, 5.74) is 6.64. The maximum Gasteiger partial charge on any atom is 0.222 e. The highest BCUT2D eigenvalue weighted by Gasteiger charge is 2.26. The number of amides is 1. The lowest BCUT2D eigenvalue weighted by molar-refractivity contribution is -0.122. The van der Waals surface area contributed by atoms with Crippen LogP contribution in [0.5, 0.6) is 0 Å². The summed E-state index contributed by atoms with van der Waals surface area (Å²) in [6.45, 7) is 9.01. The van der Waals surface area contributed by atoms with Crippen LogP contribution < -0.4 is 21.3 Å². The summed E-state index contributed by atoms with van der Waals surface area (Å²) in [5.74, 6) is 2.28. The smallest absolute Gasteiger partial charge is 0.222 e. The summed E-state index contributed by atoms with van der Waals surface area (Å²) in [7, 11) is 1.80. The van der Waals surface area contributed by atoms with Gasteiger partial charge in [0, 0.05) is 45.0 Å². The number of primary amides is 1. The Kier molecular flexibility index (Phi) is 11.5. The summed E-state index contributed by atoms with van der Waals surface area (Å²) in [5, 5.41) is 6.84. The average Bonchev–Trinajstić information content (AvgIpc) is 2.80. The van der Waals surface area contributed by atoms with E-state index in [-0.39, 0.29) is 35.8 Å². The zero-order valence-electron chi connectivity index (χ0n) is 19.6. The summed E-state index contributed by atoms with van der Waals surface area (Å²) in [6, 6.07) is 4.03. The maximum absolute atomic E-state index is 11.6. The Labute approximate surface area is 209 Å². The number of hydrogen-bond acceptors (Lipinski definition) is 5. The first-order valence-electron chi connectivity index (χ1n) is 11.7. The number of hydrogen-bond donors (Lipinski definition) is 3. The minimum atomic E-state index is -0.219. The van der Waals surface area contributed by atoms with E-state index in [0.29, 0.717) is 13.1 Å². The van der Waals surface area contributed by atoms with Gasteiger partial charge in [0.25, 0.3) is 0 Å². The highest BCUT2D eigenvalue weighted by molar-refractivity contribution is 14.0. The first kappa shape index (κ1) is 26.6. The third-order valence-corrected chi connectivity index (χ3v) is 6.48. The summed E-state index contributed by atoms with van der Waals surface area (Å²) in [6.07, 6.45) is 7.37. The Bertz CT molecular complexity index is 737. The van der Waals surface area contributed by atoms with Crippen molar-refractivity contribution in [2.45, 2.75) is 45.6 Å². The number of nitrogens with zero attached hydrogens (tertiary/aromatic N) is 4. The highest BCUT2D eigenvalue weighted by atomic mass is 127. The number of carbonyl (C=O) groups is 1. The van der Waals surface area contributed by atoms with Crippen LogP contribution in [-0.2, 0) is 11.3 Å². The number of piperidine rings is 2. The highest BCUT2D eigenvalue weighted by Crippen LogP contribution is 2.24. The van der Waals surface area contributed by atoms with Gasteiger partial charge < -0.3 is 26.2 Å². The van der Waals surface area contributed by atoms with Gasteiger partial charge >= 0.3 is 0 Å². The molecule has 2 fully saturated rings. The SMILES string of the molecule is CN=C(NCCCN1CCC(C)CC1)NCc1cccnc1N1CCCC(C(N)=O)C1.I. The summed E-state index contributed by atoms with van der Waals surface area (Å²) in [4.78, 5) is 25.4. The van der Waals surface area contributed by atoms with Crippen LogP contribution in [0.3, 0.4) is 0 Å². The van der Waals surface area contributed by atoms with E-state index >= 15 is 0 Å². The molecule has 1 aromatic rings. The van der Waals surface area contributed by atoms with Crippen molar-refractivity contribution in [3.63, 3.8) is 0 Å². The molecule has 4 N–H and O–H groups in total. The third kappa shape index (κ3) is 8.06. The zero-order valence-corrected chi connectivity index (χ0v) is 21.9. The van der Waals surface area contributed by atoms with E-state index in [1.165, 1.54) is 25.9 Å². The molecule has 1 amide bonds. The molecule has 3 rings (SSSR count). The molecule has 3 heterocycles. The van der Waals surface area contributed by atoms with Crippen molar-refractivity contribution in [2.75, 3.05) is 51.2 Å². The van der Waals surface area contributed by atoms with Crippen molar-refractivity contribution in [3.05, 3.63) is 23.9 Å². The van der Waals surface area contributed by atoms with Gasteiger partial charge in [-0.25, -0.2) is 4.98 Å². The second-order valence-corrected chi connectivity index (χ2v) is 8.90. The van der Waals surface area contributed by atoms with Crippen molar-refractivity contribution in [1.82, 2.24) is 20.5 Å². The molecule has 1 atom stereocenters. The number of rotatable bonds is 8. The Morgan fingerprint density at radius 2 is 2.03 bits per heavy atom. The molecule has 1 unspecified atom stereocenters. The van der Waals surface area contributed by atoms with Gasteiger partial charge in [0.05, 0.1) is 5.92 Å². The van der Waals surface area contributed by atoms with Gasteiger partial charge in [0.1, 0.15) is 5.82 Å². The van der Waals surface area contributed by atoms with Gasteiger partial charge in [-0.05, 0) is 63.7 Å². The monoisotopic (exact) mass is 557 g/mol. The number of halogens is 1. The molecule has 32 heavy (non-hydrogen) atoms. The van der Waals surface area contributed by atoms with Crippen molar-refractivity contribution in [3.8, 4) is 0 Å². The predicted octanol–water partition coefficient (Wildman–Crippen LogP) is 2.19. The number of carbonyl (C=O) groups excluding carboxylic acids is 1. The van der Waals surface area contributed by atoms with Gasteiger partial charge in [0.15, 0.2) is 5.96 Å². The number of guanidine groups is 1. The molecular formula is C23H40IN7O. The summed E-state index contributed by atoms with van der Waals surface area (Å²) >= 11 is 0. The molecule has 180 valence electrons. The van der Waals surface area contributed by atoms with Crippen LogP contribution in [0.2, 0.25) is 0 Å². The molecule has 0 aromatic carbocycles. The quantitative estimate of drug-likeness (QED) is 0.196. The van der Waals surface area contributed by atoms with Crippen molar-refractivity contribution in [2.24, 2.45) is 22.6 Å². The van der Waals surface area contributed by atoms with E-state index in [1.54, 1.807) is 13.2 Å². The number of pyridine rings is 1. The van der Waals surface area contributed by atoms with Gasteiger partial charge in [0.2, 0.25) is 5.91 Å². The van der Waals surface area contributed by atoms with Gasteiger partial charge in [-0.2, -0.15) is 0 Å². The second-order valence-electron chi connectivity index (χ2n) is 8.90. The van der Waals surface area contributed by atoms with Crippen LogP contribution in [0, 0.1) is 11.8 Å². The molecule has 2 saturated heterocycles. The average molecular weight is 558 g/mol. The predicted molar refractivity (Wildman–Crippen MR) is 141 cm³/mol. The number of aromatic nitrogens is 1. The third-order valence-electron chi connectivity index (χ3n) is 6.48.